The number of hydrogen-bond donors (Lipinski definition) is 2. The van der Waals surface area contributed by atoms with Crippen molar-refractivity contribution in [1.82, 2.24) is 0 Å². The third-order valence-electron chi connectivity index (χ3n) is 1.54. The highest BCUT2D eigenvalue weighted by Crippen LogP contribution is 2.24. The van der Waals surface area contributed by atoms with Crippen LogP contribution in [0.25, 0.3) is 0 Å². The van der Waals surface area contributed by atoms with Crippen LogP contribution in [0.3, 0.4) is 0 Å². The Kier molecular flexibility index (Phi) is 12.6. The van der Waals surface area contributed by atoms with Crippen LogP contribution in [-0.4, -0.2) is 24.7 Å². The maximum absolute atomic E-state index is 11.1. The number of hydrogen-bond acceptors (Lipinski definition) is 5. The molecule has 0 heterocycles. The van der Waals surface area contributed by atoms with Gasteiger partial charge in [-0.25, -0.2) is 0 Å². The molecule has 0 bridgehead atoms. The van der Waals surface area contributed by atoms with Crippen LogP contribution in [0, 0.1) is 0 Å². The molecule has 0 aliphatic rings. The molecule has 3 nitrogen and oxygen atoms in total. The van der Waals surface area contributed by atoms with E-state index in [0.717, 1.165) is 37.2 Å². The van der Waals surface area contributed by atoms with Crippen molar-refractivity contribution in [3.63, 3.8) is 0 Å². The van der Waals surface area contributed by atoms with Crippen LogP contribution in [-0.2, 0) is 13.6 Å². The summed E-state index contributed by atoms with van der Waals surface area (Å²) in [5, 5.41) is 0. The largest absolute Gasteiger partial charge is 0.319 e. The summed E-state index contributed by atoms with van der Waals surface area (Å²) in [5.41, 5.74) is 0. The Morgan fingerprint density at radius 2 is 1.29 bits per heavy atom. The molecule has 0 aliphatic heterocycles. The average Bonchev–Trinajstić information content (AvgIpc) is 2.19. The van der Waals surface area contributed by atoms with Gasteiger partial charge in [0, 0.05) is 0 Å². The van der Waals surface area contributed by atoms with Crippen molar-refractivity contribution in [1.29, 1.82) is 0 Å². The van der Waals surface area contributed by atoms with Gasteiger partial charge in [-0.1, -0.05) is 0 Å². The second-order valence-corrected chi connectivity index (χ2v) is 4.78. The van der Waals surface area contributed by atoms with Crippen LogP contribution >= 0.6 is 33.5 Å². The van der Waals surface area contributed by atoms with E-state index >= 15 is 0 Å². The summed E-state index contributed by atoms with van der Waals surface area (Å²) in [5.74, 6) is 1.68. The Hall–Kier alpha value is 0.850. The first-order valence-corrected chi connectivity index (χ1v) is 7.31. The molecular weight excluding hydrogens is 239 g/mol. The lowest BCUT2D eigenvalue weighted by molar-refractivity contribution is 0.221. The molecule has 0 radical (unpaired) electrons. The average molecular weight is 258 g/mol. The van der Waals surface area contributed by atoms with Gasteiger partial charge in [0.1, 0.15) is 0 Å². The fourth-order valence-electron chi connectivity index (χ4n) is 0.780. The van der Waals surface area contributed by atoms with Crippen molar-refractivity contribution in [3.8, 4) is 0 Å². The van der Waals surface area contributed by atoms with Gasteiger partial charge >= 0.3 is 8.25 Å². The van der Waals surface area contributed by atoms with Crippen molar-refractivity contribution in [3.05, 3.63) is 0 Å². The van der Waals surface area contributed by atoms with Crippen LogP contribution < -0.4 is 0 Å². The van der Waals surface area contributed by atoms with E-state index in [4.69, 9.17) is 9.05 Å². The fourth-order valence-corrected chi connectivity index (χ4v) is 1.93. The van der Waals surface area contributed by atoms with Gasteiger partial charge in [-0.2, -0.15) is 25.3 Å². The zero-order valence-electron chi connectivity index (χ0n) is 8.28. The van der Waals surface area contributed by atoms with E-state index in [1.165, 1.54) is 0 Å². The molecule has 0 aromatic rings. The summed E-state index contributed by atoms with van der Waals surface area (Å²) in [6.07, 6.45) is 3.75. The summed E-state index contributed by atoms with van der Waals surface area (Å²) in [6.45, 7) is 1.01. The van der Waals surface area contributed by atoms with Crippen LogP contribution in [0.2, 0.25) is 0 Å². The van der Waals surface area contributed by atoms with Gasteiger partial charge in [-0.15, -0.1) is 0 Å². The van der Waals surface area contributed by atoms with Gasteiger partial charge in [0.15, 0.2) is 0 Å². The zero-order valence-corrected chi connectivity index (χ0v) is 11.1. The van der Waals surface area contributed by atoms with Crippen molar-refractivity contribution in [2.45, 2.75) is 25.7 Å². The van der Waals surface area contributed by atoms with E-state index in [0.29, 0.717) is 13.2 Å². The minimum atomic E-state index is -2.25. The Balaban J connectivity index is 3.11. The first kappa shape index (κ1) is 14.8. The van der Waals surface area contributed by atoms with Crippen molar-refractivity contribution in [2.75, 3.05) is 24.7 Å². The molecule has 86 valence electrons. The fraction of sp³-hybridized carbons (Fsp3) is 1.00. The molecule has 0 aromatic heterocycles. The van der Waals surface area contributed by atoms with E-state index in [2.05, 4.69) is 25.3 Å². The summed E-state index contributed by atoms with van der Waals surface area (Å²) in [6, 6.07) is 0. The molecule has 0 unspecified atom stereocenters. The van der Waals surface area contributed by atoms with Gasteiger partial charge in [0.25, 0.3) is 0 Å². The van der Waals surface area contributed by atoms with Crippen LogP contribution in [0.5, 0.6) is 0 Å². The predicted octanol–water partition coefficient (Wildman–Crippen LogP) is 2.83. The molecule has 0 aliphatic carbocycles. The normalized spacial score (nSPS) is 11.1. The highest BCUT2D eigenvalue weighted by Gasteiger charge is 1.98. The maximum Gasteiger partial charge on any atom is 0.319 e. The van der Waals surface area contributed by atoms with Crippen molar-refractivity contribution < 1.29 is 13.6 Å². The molecule has 0 rings (SSSR count). The van der Waals surface area contributed by atoms with E-state index in [1.54, 1.807) is 0 Å². The molecule has 0 saturated heterocycles. The molecular formula is C8H19O3PS2. The first-order valence-electron chi connectivity index (χ1n) is 4.82. The lowest BCUT2D eigenvalue weighted by atomic mass is 10.4. The smallest absolute Gasteiger partial charge is 0.311 e. The lowest BCUT2D eigenvalue weighted by Crippen LogP contribution is -1.92. The molecule has 0 N–H and O–H groups in total. The third-order valence-corrected chi connectivity index (χ3v) is 3.06. The lowest BCUT2D eigenvalue weighted by Gasteiger charge is -2.04. The highest BCUT2D eigenvalue weighted by atomic mass is 32.1. The number of rotatable bonds is 10. The van der Waals surface area contributed by atoms with E-state index < -0.39 is 8.25 Å². The Morgan fingerprint density at radius 1 is 0.857 bits per heavy atom. The van der Waals surface area contributed by atoms with E-state index in [9.17, 15) is 4.57 Å². The summed E-state index contributed by atoms with van der Waals surface area (Å²) >= 11 is 8.12. The molecule has 0 atom stereocenters. The van der Waals surface area contributed by atoms with Gasteiger partial charge < -0.3 is 9.05 Å². The predicted molar refractivity (Wildman–Crippen MR) is 67.1 cm³/mol. The molecule has 0 saturated carbocycles. The molecule has 14 heavy (non-hydrogen) atoms. The second kappa shape index (κ2) is 11.9. The zero-order chi connectivity index (χ0) is 10.6. The first-order chi connectivity index (χ1) is 6.81. The standard InChI is InChI=1S/C8H19O3PS2/c9-12(10-5-1-3-7-13)11-6-2-4-8-14/h12-14H,1-8H2. The quantitative estimate of drug-likeness (QED) is 0.359. The van der Waals surface area contributed by atoms with Crippen LogP contribution in [0.4, 0.5) is 0 Å². The van der Waals surface area contributed by atoms with E-state index in [-0.39, 0.29) is 0 Å². The summed E-state index contributed by atoms with van der Waals surface area (Å²) in [4.78, 5) is 0. The van der Waals surface area contributed by atoms with Crippen molar-refractivity contribution >= 4 is 33.5 Å². The maximum atomic E-state index is 11.1. The molecule has 6 heteroatoms. The SMILES string of the molecule is O=[PH](OCCCCS)OCCCCS. The topological polar surface area (TPSA) is 35.5 Å². The van der Waals surface area contributed by atoms with Crippen LogP contribution in [0.1, 0.15) is 25.7 Å². The Bertz CT molecular complexity index is 133. The number of unbranched alkanes of at least 4 members (excludes halogenated alkanes) is 2. The summed E-state index contributed by atoms with van der Waals surface area (Å²) < 4.78 is 21.1. The number of thiol groups is 2. The minimum absolute atomic E-state index is 0.505. The van der Waals surface area contributed by atoms with Gasteiger partial charge in [-0.05, 0) is 37.2 Å². The third kappa shape index (κ3) is 10.9. The van der Waals surface area contributed by atoms with E-state index in [1.807, 2.05) is 0 Å². The van der Waals surface area contributed by atoms with Crippen molar-refractivity contribution in [2.24, 2.45) is 0 Å². The minimum Gasteiger partial charge on any atom is -0.311 e. The molecule has 0 amide bonds. The highest BCUT2D eigenvalue weighted by molar-refractivity contribution is 7.80. The molecule has 0 aromatic carbocycles. The monoisotopic (exact) mass is 258 g/mol. The molecule has 0 fully saturated rings. The Morgan fingerprint density at radius 3 is 1.64 bits per heavy atom. The van der Waals surface area contributed by atoms with Gasteiger partial charge in [0.05, 0.1) is 13.2 Å². The second-order valence-electron chi connectivity index (χ2n) is 2.81. The van der Waals surface area contributed by atoms with Gasteiger partial charge in [0.2, 0.25) is 0 Å². The molecule has 0 spiro atoms. The van der Waals surface area contributed by atoms with Crippen LogP contribution in [0.15, 0.2) is 0 Å². The Labute approximate surface area is 97.7 Å². The summed E-state index contributed by atoms with van der Waals surface area (Å²) in [7, 11) is -2.25. The van der Waals surface area contributed by atoms with Gasteiger partial charge in [-0.3, -0.25) is 4.57 Å².